The molecular formula is C15H23FN4O3. The standard InChI is InChI=1S/C15H23FN4O3/c1-15(2-4-19(5-3-15)14(23)10-21)18-8-13(22)20-9-11(16)6-12(20)7-17/h11-12,18,21H,2-6,8-10H2,1H3. The molecule has 2 aliphatic rings. The lowest BCUT2D eigenvalue weighted by molar-refractivity contribution is -0.136. The van der Waals surface area contributed by atoms with Gasteiger partial charge >= 0.3 is 0 Å². The normalized spacial score (nSPS) is 26.9. The average Bonchev–Trinajstić information content (AvgIpc) is 2.94. The third-order valence-corrected chi connectivity index (χ3v) is 4.74. The second kappa shape index (κ2) is 7.23. The van der Waals surface area contributed by atoms with E-state index < -0.39 is 18.8 Å². The van der Waals surface area contributed by atoms with E-state index in [1.165, 1.54) is 4.90 Å². The molecule has 8 heteroatoms. The predicted octanol–water partition coefficient (Wildman–Crippen LogP) is -0.588. The molecule has 2 fully saturated rings. The molecule has 2 heterocycles. The maximum absolute atomic E-state index is 13.4. The van der Waals surface area contributed by atoms with Crippen LogP contribution in [0.25, 0.3) is 0 Å². The van der Waals surface area contributed by atoms with Crippen LogP contribution in [-0.4, -0.2) is 77.3 Å². The molecule has 0 bridgehead atoms. The molecule has 2 saturated heterocycles. The third-order valence-electron chi connectivity index (χ3n) is 4.74. The van der Waals surface area contributed by atoms with E-state index in [4.69, 9.17) is 10.4 Å². The molecule has 2 rings (SSSR count). The summed E-state index contributed by atoms with van der Waals surface area (Å²) in [5, 5.41) is 21.0. The number of nitrogens with zero attached hydrogens (tertiary/aromatic N) is 3. The summed E-state index contributed by atoms with van der Waals surface area (Å²) in [6.45, 7) is 2.56. The van der Waals surface area contributed by atoms with Crippen LogP contribution in [0.1, 0.15) is 26.2 Å². The molecule has 0 radical (unpaired) electrons. The number of aliphatic hydroxyl groups excluding tert-OH is 1. The first kappa shape index (κ1) is 17.6. The fourth-order valence-electron chi connectivity index (χ4n) is 3.10. The summed E-state index contributed by atoms with van der Waals surface area (Å²) in [5.74, 6) is -0.558. The first-order chi connectivity index (χ1) is 10.9. The molecule has 0 spiro atoms. The Morgan fingerprint density at radius 1 is 1.39 bits per heavy atom. The smallest absolute Gasteiger partial charge is 0.248 e. The number of rotatable bonds is 4. The highest BCUT2D eigenvalue weighted by Gasteiger charge is 2.37. The molecule has 2 unspecified atom stereocenters. The van der Waals surface area contributed by atoms with Gasteiger partial charge in [0.15, 0.2) is 0 Å². The number of aliphatic hydroxyl groups is 1. The molecular weight excluding hydrogens is 303 g/mol. The Morgan fingerprint density at radius 3 is 2.61 bits per heavy atom. The van der Waals surface area contributed by atoms with Crippen LogP contribution in [0, 0.1) is 11.3 Å². The second-order valence-corrected chi connectivity index (χ2v) is 6.48. The van der Waals surface area contributed by atoms with Crippen LogP contribution < -0.4 is 5.32 Å². The number of likely N-dealkylation sites (tertiary alicyclic amines) is 2. The molecule has 7 nitrogen and oxygen atoms in total. The van der Waals surface area contributed by atoms with E-state index in [9.17, 15) is 14.0 Å². The Kier molecular flexibility index (Phi) is 5.55. The highest BCUT2D eigenvalue weighted by molar-refractivity contribution is 5.79. The van der Waals surface area contributed by atoms with Gasteiger partial charge in [-0.3, -0.25) is 9.59 Å². The number of hydrogen-bond donors (Lipinski definition) is 2. The van der Waals surface area contributed by atoms with E-state index in [1.807, 2.05) is 13.0 Å². The molecule has 2 aliphatic heterocycles. The summed E-state index contributed by atoms with van der Waals surface area (Å²) < 4.78 is 13.4. The van der Waals surface area contributed by atoms with Gasteiger partial charge in [0.05, 0.1) is 19.2 Å². The SMILES string of the molecule is CC1(NCC(=O)N2CC(F)CC2C#N)CCN(C(=O)CO)CC1. The topological polar surface area (TPSA) is 96.7 Å². The van der Waals surface area contributed by atoms with Crippen LogP contribution in [0.15, 0.2) is 0 Å². The predicted molar refractivity (Wildman–Crippen MR) is 79.9 cm³/mol. The largest absolute Gasteiger partial charge is 0.387 e. The molecule has 23 heavy (non-hydrogen) atoms. The van der Waals surface area contributed by atoms with E-state index in [0.29, 0.717) is 25.9 Å². The van der Waals surface area contributed by atoms with Crippen molar-refractivity contribution in [1.29, 1.82) is 5.26 Å². The molecule has 2 N–H and O–H groups in total. The van der Waals surface area contributed by atoms with Gasteiger partial charge in [0.2, 0.25) is 11.8 Å². The maximum Gasteiger partial charge on any atom is 0.248 e. The van der Waals surface area contributed by atoms with Crippen molar-refractivity contribution in [3.05, 3.63) is 0 Å². The Labute approximate surface area is 135 Å². The molecule has 2 atom stereocenters. The summed E-state index contributed by atoms with van der Waals surface area (Å²) in [6.07, 6.45) is 0.281. The van der Waals surface area contributed by atoms with Gasteiger partial charge in [-0.15, -0.1) is 0 Å². The fourth-order valence-corrected chi connectivity index (χ4v) is 3.10. The quantitative estimate of drug-likeness (QED) is 0.720. The summed E-state index contributed by atoms with van der Waals surface area (Å²) in [5.41, 5.74) is -0.293. The van der Waals surface area contributed by atoms with Gasteiger partial charge in [0.25, 0.3) is 0 Å². The summed E-state index contributed by atoms with van der Waals surface area (Å²) >= 11 is 0. The Bertz CT molecular complexity index is 499. The fraction of sp³-hybridized carbons (Fsp3) is 0.800. The van der Waals surface area contributed by atoms with Crippen LogP contribution >= 0.6 is 0 Å². The number of amides is 2. The average molecular weight is 326 g/mol. The van der Waals surface area contributed by atoms with Gasteiger partial charge in [-0.2, -0.15) is 5.26 Å². The number of nitrogens with one attached hydrogen (secondary N) is 1. The molecule has 0 aromatic rings. The van der Waals surface area contributed by atoms with E-state index in [-0.39, 0.29) is 36.9 Å². The van der Waals surface area contributed by atoms with E-state index >= 15 is 0 Å². The molecule has 128 valence electrons. The van der Waals surface area contributed by atoms with Gasteiger partial charge in [-0.25, -0.2) is 4.39 Å². The van der Waals surface area contributed by atoms with Crippen molar-refractivity contribution in [1.82, 2.24) is 15.1 Å². The zero-order chi connectivity index (χ0) is 17.0. The van der Waals surface area contributed by atoms with Crippen LogP contribution in [0.5, 0.6) is 0 Å². The van der Waals surface area contributed by atoms with E-state index in [1.54, 1.807) is 4.90 Å². The number of halogens is 1. The van der Waals surface area contributed by atoms with Crippen molar-refractivity contribution in [3.63, 3.8) is 0 Å². The minimum atomic E-state index is -1.13. The van der Waals surface area contributed by atoms with Crippen LogP contribution in [0.4, 0.5) is 4.39 Å². The lowest BCUT2D eigenvalue weighted by Gasteiger charge is -2.40. The van der Waals surface area contributed by atoms with Gasteiger partial charge in [0.1, 0.15) is 18.8 Å². The van der Waals surface area contributed by atoms with E-state index in [2.05, 4.69) is 5.32 Å². The monoisotopic (exact) mass is 326 g/mol. The summed E-state index contributed by atoms with van der Waals surface area (Å²) in [7, 11) is 0. The van der Waals surface area contributed by atoms with Crippen molar-refractivity contribution in [2.24, 2.45) is 0 Å². The Hall–Kier alpha value is -1.72. The van der Waals surface area contributed by atoms with Gasteiger partial charge in [0, 0.05) is 25.0 Å². The number of piperidine rings is 1. The summed E-state index contributed by atoms with van der Waals surface area (Å²) in [6, 6.07) is 1.28. The number of nitriles is 1. The van der Waals surface area contributed by atoms with Crippen molar-refractivity contribution >= 4 is 11.8 Å². The molecule has 0 saturated carbocycles. The highest BCUT2D eigenvalue weighted by atomic mass is 19.1. The molecule has 0 aliphatic carbocycles. The Balaban J connectivity index is 1.83. The molecule has 2 amide bonds. The van der Waals surface area contributed by atoms with Crippen molar-refractivity contribution in [2.45, 2.75) is 43.9 Å². The maximum atomic E-state index is 13.4. The highest BCUT2D eigenvalue weighted by Crippen LogP contribution is 2.23. The van der Waals surface area contributed by atoms with Crippen molar-refractivity contribution < 1.29 is 19.1 Å². The van der Waals surface area contributed by atoms with Crippen LogP contribution in [-0.2, 0) is 9.59 Å². The zero-order valence-corrected chi connectivity index (χ0v) is 13.3. The number of carbonyl (C=O) groups excluding carboxylic acids is 2. The van der Waals surface area contributed by atoms with Crippen molar-refractivity contribution in [3.8, 4) is 6.07 Å². The van der Waals surface area contributed by atoms with Crippen LogP contribution in [0.3, 0.4) is 0 Å². The van der Waals surface area contributed by atoms with Gasteiger partial charge < -0.3 is 20.2 Å². The van der Waals surface area contributed by atoms with Crippen LogP contribution in [0.2, 0.25) is 0 Å². The number of alkyl halides is 1. The van der Waals surface area contributed by atoms with Crippen molar-refractivity contribution in [2.75, 3.05) is 32.8 Å². The van der Waals surface area contributed by atoms with Gasteiger partial charge in [-0.05, 0) is 19.8 Å². The molecule has 0 aromatic carbocycles. The number of hydrogen-bond acceptors (Lipinski definition) is 5. The minimum Gasteiger partial charge on any atom is -0.387 e. The zero-order valence-electron chi connectivity index (χ0n) is 13.3. The van der Waals surface area contributed by atoms with E-state index in [0.717, 1.165) is 0 Å². The second-order valence-electron chi connectivity index (χ2n) is 6.48. The Morgan fingerprint density at radius 2 is 2.04 bits per heavy atom. The summed E-state index contributed by atoms with van der Waals surface area (Å²) in [4.78, 5) is 26.6. The first-order valence-corrected chi connectivity index (χ1v) is 7.85. The minimum absolute atomic E-state index is 0.0196. The lowest BCUT2D eigenvalue weighted by atomic mass is 9.89. The molecule has 0 aromatic heterocycles. The first-order valence-electron chi connectivity index (χ1n) is 7.85. The third kappa shape index (κ3) is 4.18. The lowest BCUT2D eigenvalue weighted by Crippen LogP contribution is -2.55. The van der Waals surface area contributed by atoms with Gasteiger partial charge in [-0.1, -0.05) is 0 Å². The number of carbonyl (C=O) groups is 2.